The molecule has 2 nitrogen and oxygen atoms in total. The van der Waals surface area contributed by atoms with Gasteiger partial charge in [0.2, 0.25) is 0 Å². The summed E-state index contributed by atoms with van der Waals surface area (Å²) in [5.41, 5.74) is 0. The zero-order valence-corrected chi connectivity index (χ0v) is 9.86. The third-order valence-electron chi connectivity index (χ3n) is 2.10. The highest BCUT2D eigenvalue weighted by molar-refractivity contribution is 8.93. The van der Waals surface area contributed by atoms with E-state index in [1.165, 1.54) is 56.4 Å². The van der Waals surface area contributed by atoms with Gasteiger partial charge >= 0.3 is 0 Å². The van der Waals surface area contributed by atoms with Crippen LogP contribution in [0.3, 0.4) is 0 Å². The van der Waals surface area contributed by atoms with Crippen molar-refractivity contribution in [2.75, 3.05) is 0 Å². The van der Waals surface area contributed by atoms with Gasteiger partial charge < -0.3 is 10.2 Å². The van der Waals surface area contributed by atoms with E-state index in [4.69, 9.17) is 10.2 Å². The van der Waals surface area contributed by atoms with Crippen molar-refractivity contribution in [3.63, 3.8) is 0 Å². The molecule has 1 aliphatic carbocycles. The number of rotatable bonds is 0. The first-order valence-electron chi connectivity index (χ1n) is 4.77. The zero-order chi connectivity index (χ0) is 9.52. The van der Waals surface area contributed by atoms with E-state index >= 15 is 0 Å². The summed E-state index contributed by atoms with van der Waals surface area (Å²) in [5, 5.41) is 17.3. The van der Waals surface area contributed by atoms with Crippen LogP contribution in [0.2, 0.25) is 0 Å². The summed E-state index contributed by atoms with van der Waals surface area (Å²) >= 11 is 0. The van der Waals surface area contributed by atoms with Crippen LogP contribution in [0.15, 0.2) is 24.3 Å². The molecule has 1 saturated carbocycles. The number of phenols is 2. The van der Waals surface area contributed by atoms with Crippen LogP contribution in [0.5, 0.6) is 11.5 Å². The molecule has 0 spiro atoms. The van der Waals surface area contributed by atoms with Gasteiger partial charge in [-0.25, -0.2) is 0 Å². The Bertz CT molecular complexity index is 201. The zero-order valence-electron chi connectivity index (χ0n) is 8.15. The molecule has 14 heavy (non-hydrogen) atoms. The predicted molar refractivity (Wildman–Crippen MR) is 63.2 cm³/mol. The maximum Gasteiger partial charge on any atom is 0.115 e. The van der Waals surface area contributed by atoms with Gasteiger partial charge in [0.05, 0.1) is 0 Å². The summed E-state index contributed by atoms with van der Waals surface area (Å²) in [6.45, 7) is 0. The number of benzene rings is 1. The van der Waals surface area contributed by atoms with E-state index in [0.717, 1.165) is 0 Å². The molecule has 0 heterocycles. The molecule has 0 unspecified atom stereocenters. The molecule has 0 radical (unpaired) electrons. The Balaban J connectivity index is 0.000000246. The molecule has 2 N–H and O–H groups in total. The van der Waals surface area contributed by atoms with Crippen LogP contribution in [0.1, 0.15) is 32.1 Å². The SMILES string of the molecule is Br.C1CCCC1.Oc1ccc(O)cc1. The molecule has 3 heteroatoms. The fourth-order valence-corrected chi connectivity index (χ4v) is 1.34. The Hall–Kier alpha value is -0.700. The molecule has 0 atom stereocenters. The molecule has 1 aromatic rings. The lowest BCUT2D eigenvalue weighted by Gasteiger charge is -1.88. The number of aromatic hydroxyl groups is 2. The van der Waals surface area contributed by atoms with Gasteiger partial charge in [-0.05, 0) is 24.3 Å². The van der Waals surface area contributed by atoms with Gasteiger partial charge in [-0.15, -0.1) is 17.0 Å². The quantitative estimate of drug-likeness (QED) is 0.700. The van der Waals surface area contributed by atoms with Gasteiger partial charge in [0.25, 0.3) is 0 Å². The molecular weight excluding hydrogens is 244 g/mol. The first-order chi connectivity index (χ1) is 6.29. The van der Waals surface area contributed by atoms with E-state index in [1.807, 2.05) is 0 Å². The van der Waals surface area contributed by atoms with Gasteiger partial charge in [-0.2, -0.15) is 0 Å². The van der Waals surface area contributed by atoms with E-state index in [2.05, 4.69) is 0 Å². The first kappa shape index (κ1) is 13.3. The third-order valence-corrected chi connectivity index (χ3v) is 2.10. The van der Waals surface area contributed by atoms with E-state index < -0.39 is 0 Å². The fourth-order valence-electron chi connectivity index (χ4n) is 1.34. The lowest BCUT2D eigenvalue weighted by atomic mass is 10.3. The van der Waals surface area contributed by atoms with Crippen molar-refractivity contribution in [2.45, 2.75) is 32.1 Å². The number of phenolic OH excluding ortho intramolecular Hbond substituents is 2. The minimum Gasteiger partial charge on any atom is -0.508 e. The smallest absolute Gasteiger partial charge is 0.115 e. The van der Waals surface area contributed by atoms with Crippen LogP contribution >= 0.6 is 17.0 Å². The summed E-state index contributed by atoms with van der Waals surface area (Å²) < 4.78 is 0. The molecule has 0 saturated heterocycles. The first-order valence-corrected chi connectivity index (χ1v) is 4.77. The van der Waals surface area contributed by atoms with Crippen molar-refractivity contribution >= 4 is 17.0 Å². The topological polar surface area (TPSA) is 40.5 Å². The van der Waals surface area contributed by atoms with Crippen molar-refractivity contribution < 1.29 is 10.2 Å². The lowest BCUT2D eigenvalue weighted by molar-refractivity contribution is 0.460. The second kappa shape index (κ2) is 7.68. The lowest BCUT2D eigenvalue weighted by Crippen LogP contribution is -1.61. The maximum atomic E-state index is 8.65. The summed E-state index contributed by atoms with van der Waals surface area (Å²) in [7, 11) is 0. The standard InChI is InChI=1S/C6H6O2.C5H10.BrH/c7-5-1-2-6(8)4-3-5;1-2-4-5-3-1;/h1-4,7-8H;1-5H2;1H. The summed E-state index contributed by atoms with van der Waals surface area (Å²) in [5.74, 6) is 0.339. The van der Waals surface area contributed by atoms with Crippen LogP contribution in [-0.4, -0.2) is 10.2 Å². The van der Waals surface area contributed by atoms with Crippen molar-refractivity contribution in [1.29, 1.82) is 0 Å². The Labute approximate surface area is 95.4 Å². The van der Waals surface area contributed by atoms with E-state index in [-0.39, 0.29) is 28.5 Å². The van der Waals surface area contributed by atoms with E-state index in [9.17, 15) is 0 Å². The normalized spacial score (nSPS) is 13.7. The molecule has 1 aromatic carbocycles. The van der Waals surface area contributed by atoms with Gasteiger partial charge in [-0.1, -0.05) is 32.1 Å². The monoisotopic (exact) mass is 260 g/mol. The predicted octanol–water partition coefficient (Wildman–Crippen LogP) is 3.63. The van der Waals surface area contributed by atoms with Crippen LogP contribution in [0.25, 0.3) is 0 Å². The summed E-state index contributed by atoms with van der Waals surface area (Å²) in [6.07, 6.45) is 7.50. The fraction of sp³-hybridized carbons (Fsp3) is 0.455. The van der Waals surface area contributed by atoms with Crippen molar-refractivity contribution in [2.24, 2.45) is 0 Å². The molecule has 0 aliphatic heterocycles. The van der Waals surface area contributed by atoms with Crippen molar-refractivity contribution in [1.82, 2.24) is 0 Å². The molecule has 80 valence electrons. The second-order valence-electron chi connectivity index (χ2n) is 3.28. The number of halogens is 1. The highest BCUT2D eigenvalue weighted by Crippen LogP contribution is 2.15. The molecule has 0 amide bonds. The Morgan fingerprint density at radius 1 is 0.643 bits per heavy atom. The minimum atomic E-state index is 0. The summed E-state index contributed by atoms with van der Waals surface area (Å²) in [6, 6.07) is 5.70. The Kier molecular flexibility index (Phi) is 7.30. The highest BCUT2D eigenvalue weighted by Gasteiger charge is 1.95. The molecule has 0 aromatic heterocycles. The Morgan fingerprint density at radius 3 is 1.07 bits per heavy atom. The Morgan fingerprint density at radius 2 is 0.857 bits per heavy atom. The van der Waals surface area contributed by atoms with Crippen LogP contribution in [0.4, 0.5) is 0 Å². The second-order valence-corrected chi connectivity index (χ2v) is 3.28. The molecule has 1 aliphatic rings. The highest BCUT2D eigenvalue weighted by atomic mass is 79.9. The van der Waals surface area contributed by atoms with Gasteiger partial charge in [0, 0.05) is 0 Å². The van der Waals surface area contributed by atoms with Crippen molar-refractivity contribution in [3.8, 4) is 11.5 Å². The number of hydrogen-bond donors (Lipinski definition) is 2. The third kappa shape index (κ3) is 5.86. The number of hydrogen-bond acceptors (Lipinski definition) is 2. The molecule has 2 rings (SSSR count). The molecular formula is C11H17BrO2. The minimum absolute atomic E-state index is 0. The van der Waals surface area contributed by atoms with Crippen LogP contribution in [0, 0.1) is 0 Å². The van der Waals surface area contributed by atoms with E-state index in [0.29, 0.717) is 0 Å². The van der Waals surface area contributed by atoms with Gasteiger partial charge in [0.15, 0.2) is 0 Å². The average molecular weight is 261 g/mol. The largest absolute Gasteiger partial charge is 0.508 e. The summed E-state index contributed by atoms with van der Waals surface area (Å²) in [4.78, 5) is 0. The average Bonchev–Trinajstić information content (AvgIpc) is 2.68. The van der Waals surface area contributed by atoms with Gasteiger partial charge in [-0.3, -0.25) is 0 Å². The van der Waals surface area contributed by atoms with Crippen LogP contribution < -0.4 is 0 Å². The van der Waals surface area contributed by atoms with Crippen LogP contribution in [-0.2, 0) is 0 Å². The van der Waals surface area contributed by atoms with E-state index in [1.54, 1.807) is 0 Å². The van der Waals surface area contributed by atoms with Gasteiger partial charge in [0.1, 0.15) is 11.5 Å². The molecule has 0 bridgehead atoms. The van der Waals surface area contributed by atoms with Crippen molar-refractivity contribution in [3.05, 3.63) is 24.3 Å². The molecule has 1 fully saturated rings. The maximum absolute atomic E-state index is 8.65.